The number of carbonyl (C=O) groups is 1. The van der Waals surface area contributed by atoms with Crippen LogP contribution in [0.4, 0.5) is 8.78 Å². The molecule has 1 atom stereocenters. The maximum Gasteiger partial charge on any atom is 0.227 e. The quantitative estimate of drug-likeness (QED) is 0.701. The molecular weight excluding hydrogens is 334 g/mol. The Labute approximate surface area is 150 Å². The summed E-state index contributed by atoms with van der Waals surface area (Å²) in [7, 11) is 0. The fourth-order valence-electron chi connectivity index (χ4n) is 3.56. The van der Waals surface area contributed by atoms with Crippen LogP contribution in [0, 0.1) is 11.6 Å². The van der Waals surface area contributed by atoms with E-state index in [2.05, 4.69) is 4.57 Å². The predicted octanol–water partition coefficient (Wildman–Crippen LogP) is 3.94. The molecule has 4 rings (SSSR count). The van der Waals surface area contributed by atoms with Gasteiger partial charge in [0.15, 0.2) is 0 Å². The van der Waals surface area contributed by atoms with E-state index < -0.39 is 0 Å². The highest BCUT2D eigenvalue weighted by Crippen LogP contribution is 2.33. The van der Waals surface area contributed by atoms with Gasteiger partial charge in [0.05, 0.1) is 12.5 Å². The summed E-state index contributed by atoms with van der Waals surface area (Å²) in [4.78, 5) is 14.8. The van der Waals surface area contributed by atoms with Crippen LogP contribution in [0.1, 0.15) is 22.9 Å². The maximum absolute atomic E-state index is 13.8. The van der Waals surface area contributed by atoms with Crippen LogP contribution in [-0.2, 0) is 17.8 Å². The minimum absolute atomic E-state index is 0.0571. The highest BCUT2D eigenvalue weighted by molar-refractivity contribution is 5.80. The first-order valence-electron chi connectivity index (χ1n) is 8.56. The van der Waals surface area contributed by atoms with Crippen molar-refractivity contribution < 1.29 is 13.6 Å². The molecule has 2 aromatic carbocycles. The Hall–Kier alpha value is -2.95. The lowest BCUT2D eigenvalue weighted by molar-refractivity contribution is -0.133. The van der Waals surface area contributed by atoms with E-state index in [1.807, 2.05) is 24.4 Å². The van der Waals surface area contributed by atoms with Crippen molar-refractivity contribution in [3.63, 3.8) is 0 Å². The molecule has 0 spiro atoms. The van der Waals surface area contributed by atoms with E-state index >= 15 is 0 Å². The number of hydrogen-bond donors (Lipinski definition) is 0. The molecule has 1 aliphatic heterocycles. The maximum atomic E-state index is 13.8. The lowest BCUT2D eigenvalue weighted by Crippen LogP contribution is -2.43. The van der Waals surface area contributed by atoms with Crippen molar-refractivity contribution in [1.29, 1.82) is 0 Å². The zero-order chi connectivity index (χ0) is 18.1. The third kappa shape index (κ3) is 3.12. The Morgan fingerprint density at radius 2 is 1.77 bits per heavy atom. The van der Waals surface area contributed by atoms with E-state index in [1.54, 1.807) is 23.1 Å². The number of benzene rings is 2. The Kier molecular flexibility index (Phi) is 4.29. The molecule has 0 fully saturated rings. The van der Waals surface area contributed by atoms with Crippen molar-refractivity contribution in [2.24, 2.45) is 0 Å². The minimum atomic E-state index is -0.331. The van der Waals surface area contributed by atoms with Gasteiger partial charge in [0.25, 0.3) is 0 Å². The molecule has 0 saturated heterocycles. The van der Waals surface area contributed by atoms with Gasteiger partial charge in [-0.2, -0.15) is 0 Å². The fourth-order valence-corrected chi connectivity index (χ4v) is 3.56. The number of nitrogens with zero attached hydrogens (tertiary/aromatic N) is 2. The molecule has 0 radical (unpaired) electrons. The van der Waals surface area contributed by atoms with Gasteiger partial charge in [0, 0.05) is 25.0 Å². The van der Waals surface area contributed by atoms with Crippen LogP contribution in [0.3, 0.4) is 0 Å². The Morgan fingerprint density at radius 1 is 0.962 bits per heavy atom. The second-order valence-electron chi connectivity index (χ2n) is 6.47. The predicted molar refractivity (Wildman–Crippen MR) is 94.5 cm³/mol. The van der Waals surface area contributed by atoms with Crippen LogP contribution in [0.25, 0.3) is 0 Å². The van der Waals surface area contributed by atoms with Crippen LogP contribution in [0.15, 0.2) is 66.9 Å². The molecule has 0 bridgehead atoms. The van der Waals surface area contributed by atoms with E-state index in [0.717, 1.165) is 16.8 Å². The lowest BCUT2D eigenvalue weighted by atomic mass is 9.98. The highest BCUT2D eigenvalue weighted by Gasteiger charge is 2.32. The largest absolute Gasteiger partial charge is 0.348 e. The van der Waals surface area contributed by atoms with Gasteiger partial charge >= 0.3 is 0 Å². The van der Waals surface area contributed by atoms with Gasteiger partial charge in [0.2, 0.25) is 5.91 Å². The summed E-state index contributed by atoms with van der Waals surface area (Å²) < 4.78 is 29.0. The highest BCUT2D eigenvalue weighted by atomic mass is 19.1. The molecule has 3 nitrogen and oxygen atoms in total. The molecule has 1 amide bonds. The zero-order valence-electron chi connectivity index (χ0n) is 14.1. The van der Waals surface area contributed by atoms with Crippen molar-refractivity contribution in [3.8, 4) is 0 Å². The molecule has 1 unspecified atom stereocenters. The van der Waals surface area contributed by atoms with Gasteiger partial charge in [-0.05, 0) is 47.5 Å². The van der Waals surface area contributed by atoms with E-state index in [9.17, 15) is 13.6 Å². The summed E-state index contributed by atoms with van der Waals surface area (Å²) in [6, 6.07) is 15.9. The smallest absolute Gasteiger partial charge is 0.227 e. The van der Waals surface area contributed by atoms with E-state index in [1.165, 1.54) is 24.3 Å². The fraction of sp³-hybridized carbons (Fsp3) is 0.190. The number of rotatable bonds is 3. The van der Waals surface area contributed by atoms with Gasteiger partial charge < -0.3 is 9.47 Å². The van der Waals surface area contributed by atoms with Gasteiger partial charge in [0.1, 0.15) is 11.6 Å². The zero-order valence-corrected chi connectivity index (χ0v) is 14.1. The molecule has 0 saturated carbocycles. The number of carbonyl (C=O) groups excluding carboxylic acids is 1. The first kappa shape index (κ1) is 16.5. The Balaban J connectivity index is 1.67. The summed E-state index contributed by atoms with van der Waals surface area (Å²) >= 11 is 0. The van der Waals surface area contributed by atoms with Crippen molar-refractivity contribution in [1.82, 2.24) is 9.47 Å². The number of hydrogen-bond acceptors (Lipinski definition) is 1. The first-order chi connectivity index (χ1) is 12.6. The lowest BCUT2D eigenvalue weighted by Gasteiger charge is -2.37. The second kappa shape index (κ2) is 6.75. The van der Waals surface area contributed by atoms with Gasteiger partial charge in [-0.1, -0.05) is 24.3 Å². The van der Waals surface area contributed by atoms with Gasteiger partial charge in [-0.3, -0.25) is 4.79 Å². The number of aromatic nitrogens is 1. The normalized spacial score (nSPS) is 16.4. The molecule has 26 heavy (non-hydrogen) atoms. The minimum Gasteiger partial charge on any atom is -0.348 e. The molecule has 0 aliphatic carbocycles. The van der Waals surface area contributed by atoms with E-state index in [-0.39, 0.29) is 30.0 Å². The Morgan fingerprint density at radius 3 is 2.54 bits per heavy atom. The van der Waals surface area contributed by atoms with Crippen LogP contribution in [0.2, 0.25) is 0 Å². The third-order valence-corrected chi connectivity index (χ3v) is 4.79. The third-order valence-electron chi connectivity index (χ3n) is 4.79. The van der Waals surface area contributed by atoms with Crippen LogP contribution in [-0.4, -0.2) is 21.9 Å². The standard InChI is InChI=1S/C21H18F2N2O/c22-17-8-6-15(7-9-17)13-20(26)25-12-11-24-10-2-5-19(24)21(25)16-3-1-4-18(23)14-16/h1-10,14,21H,11-13H2. The average molecular weight is 352 g/mol. The van der Waals surface area contributed by atoms with Gasteiger partial charge in [-0.15, -0.1) is 0 Å². The first-order valence-corrected chi connectivity index (χ1v) is 8.56. The van der Waals surface area contributed by atoms with Crippen molar-refractivity contribution in [2.75, 3.05) is 6.54 Å². The van der Waals surface area contributed by atoms with Crippen LogP contribution >= 0.6 is 0 Å². The van der Waals surface area contributed by atoms with Crippen molar-refractivity contribution in [2.45, 2.75) is 19.0 Å². The molecule has 3 aromatic rings. The molecule has 5 heteroatoms. The molecule has 0 N–H and O–H groups in total. The summed E-state index contributed by atoms with van der Waals surface area (Å²) in [6.07, 6.45) is 2.16. The Bertz CT molecular complexity index is 933. The van der Waals surface area contributed by atoms with Gasteiger partial charge in [-0.25, -0.2) is 8.78 Å². The summed E-state index contributed by atoms with van der Waals surface area (Å²) in [5.74, 6) is -0.704. The SMILES string of the molecule is O=C(Cc1ccc(F)cc1)N1CCn2cccc2C1c1cccc(F)c1. The molecule has 2 heterocycles. The van der Waals surface area contributed by atoms with Crippen LogP contribution in [0.5, 0.6) is 0 Å². The van der Waals surface area contributed by atoms with E-state index in [4.69, 9.17) is 0 Å². The summed E-state index contributed by atoms with van der Waals surface area (Å²) in [5.41, 5.74) is 2.47. The number of fused-ring (bicyclic) bond motifs is 1. The van der Waals surface area contributed by atoms with Crippen molar-refractivity contribution in [3.05, 3.63) is 95.3 Å². The number of amides is 1. The van der Waals surface area contributed by atoms with Crippen LogP contribution < -0.4 is 0 Å². The molecule has 1 aromatic heterocycles. The van der Waals surface area contributed by atoms with Crippen molar-refractivity contribution >= 4 is 5.91 Å². The topological polar surface area (TPSA) is 25.2 Å². The summed E-state index contributed by atoms with van der Waals surface area (Å²) in [5, 5.41) is 0. The molecule has 132 valence electrons. The average Bonchev–Trinajstić information content (AvgIpc) is 3.11. The number of halogens is 2. The van der Waals surface area contributed by atoms with E-state index in [0.29, 0.717) is 13.1 Å². The second-order valence-corrected chi connectivity index (χ2v) is 6.47. The monoisotopic (exact) mass is 352 g/mol. The molecule has 1 aliphatic rings. The summed E-state index contributed by atoms with van der Waals surface area (Å²) in [6.45, 7) is 1.24. The molecular formula is C21H18F2N2O.